The Morgan fingerprint density at radius 2 is 2.18 bits per heavy atom. The van der Waals surface area contributed by atoms with Crippen LogP contribution in [0.25, 0.3) is 0 Å². The van der Waals surface area contributed by atoms with Gasteiger partial charge in [-0.1, -0.05) is 37.3 Å². The second-order valence-electron chi connectivity index (χ2n) is 5.89. The van der Waals surface area contributed by atoms with E-state index in [9.17, 15) is 4.79 Å². The lowest BCUT2D eigenvalue weighted by atomic mass is 9.78. The lowest BCUT2D eigenvalue weighted by molar-refractivity contribution is -0.185. The first-order valence-corrected chi connectivity index (χ1v) is 7.63. The quantitative estimate of drug-likeness (QED) is 0.883. The van der Waals surface area contributed by atoms with Crippen LogP contribution in [0.2, 0.25) is 0 Å². The molecule has 2 aromatic rings. The third-order valence-electron chi connectivity index (χ3n) is 4.35. The molecule has 1 heterocycles. The molecule has 3 rings (SSSR count). The molecule has 0 radical (unpaired) electrons. The number of rotatable bonds is 4. The molecule has 1 aliphatic carbocycles. The number of fused-ring (bicyclic) bond motifs is 1. The summed E-state index contributed by atoms with van der Waals surface area (Å²) in [6.07, 6.45) is 3.71. The molecule has 1 aromatic heterocycles. The Hall–Kier alpha value is -2.14. The standard InChI is InChI=1S/C17H21N3O2/c1-12-8-9-15-14(10-18-19-15)16(12)17(21)20(2)22-11-13-6-4-3-5-7-13/h3-7,10,12,16H,8-9,11H2,1-2H3,(H,18,19). The van der Waals surface area contributed by atoms with Gasteiger partial charge < -0.3 is 0 Å². The number of hydrogen-bond donors (Lipinski definition) is 1. The third kappa shape index (κ3) is 2.90. The minimum Gasteiger partial charge on any atom is -0.282 e. The minimum atomic E-state index is -0.178. The molecule has 0 saturated heterocycles. The molecule has 116 valence electrons. The van der Waals surface area contributed by atoms with Crippen LogP contribution in [0.15, 0.2) is 36.5 Å². The van der Waals surface area contributed by atoms with Gasteiger partial charge in [-0.25, -0.2) is 5.06 Å². The number of carbonyl (C=O) groups excluding carboxylic acids is 1. The zero-order chi connectivity index (χ0) is 15.5. The highest BCUT2D eigenvalue weighted by atomic mass is 16.7. The Morgan fingerprint density at radius 1 is 1.41 bits per heavy atom. The van der Waals surface area contributed by atoms with E-state index in [0.29, 0.717) is 12.5 Å². The molecule has 1 aromatic carbocycles. The highest BCUT2D eigenvalue weighted by Gasteiger charge is 2.35. The van der Waals surface area contributed by atoms with E-state index in [-0.39, 0.29) is 11.8 Å². The lowest BCUT2D eigenvalue weighted by Crippen LogP contribution is -2.36. The number of aryl methyl sites for hydroxylation is 1. The molecule has 0 bridgehead atoms. The van der Waals surface area contributed by atoms with Gasteiger partial charge in [-0.3, -0.25) is 14.7 Å². The first-order chi connectivity index (χ1) is 10.7. The summed E-state index contributed by atoms with van der Waals surface area (Å²) in [5, 5.41) is 8.46. The number of H-pyrrole nitrogens is 1. The van der Waals surface area contributed by atoms with Gasteiger partial charge in [0.2, 0.25) is 0 Å². The van der Waals surface area contributed by atoms with Gasteiger partial charge in [-0.15, -0.1) is 0 Å². The smallest absolute Gasteiger partial charge is 0.253 e. The number of carbonyl (C=O) groups is 1. The largest absolute Gasteiger partial charge is 0.282 e. The van der Waals surface area contributed by atoms with Crippen LogP contribution in [0.3, 0.4) is 0 Å². The van der Waals surface area contributed by atoms with Gasteiger partial charge in [-0.2, -0.15) is 5.10 Å². The number of benzene rings is 1. The van der Waals surface area contributed by atoms with Crippen LogP contribution in [0.5, 0.6) is 0 Å². The van der Waals surface area contributed by atoms with E-state index in [0.717, 1.165) is 29.7 Å². The topological polar surface area (TPSA) is 58.2 Å². The number of nitrogens with one attached hydrogen (secondary N) is 1. The van der Waals surface area contributed by atoms with Crippen molar-refractivity contribution in [2.45, 2.75) is 32.3 Å². The molecule has 5 heteroatoms. The average Bonchev–Trinajstić information content (AvgIpc) is 3.01. The number of hydrogen-bond acceptors (Lipinski definition) is 3. The van der Waals surface area contributed by atoms with Crippen molar-refractivity contribution in [3.05, 3.63) is 53.3 Å². The summed E-state index contributed by atoms with van der Waals surface area (Å²) in [7, 11) is 1.69. The maximum atomic E-state index is 12.7. The fourth-order valence-corrected chi connectivity index (χ4v) is 3.02. The van der Waals surface area contributed by atoms with Crippen molar-refractivity contribution < 1.29 is 9.63 Å². The molecule has 0 aliphatic heterocycles. The predicted molar refractivity (Wildman–Crippen MR) is 82.8 cm³/mol. The summed E-state index contributed by atoms with van der Waals surface area (Å²) < 4.78 is 0. The normalized spacial score (nSPS) is 20.5. The molecular weight excluding hydrogens is 278 g/mol. The van der Waals surface area contributed by atoms with Crippen molar-refractivity contribution in [3.8, 4) is 0 Å². The molecule has 2 atom stereocenters. The molecule has 1 N–H and O–H groups in total. The van der Waals surface area contributed by atoms with Gasteiger partial charge >= 0.3 is 0 Å². The van der Waals surface area contributed by atoms with Crippen LogP contribution in [-0.4, -0.2) is 28.2 Å². The Morgan fingerprint density at radius 3 is 2.95 bits per heavy atom. The summed E-state index contributed by atoms with van der Waals surface area (Å²) in [4.78, 5) is 18.4. The maximum absolute atomic E-state index is 12.7. The minimum absolute atomic E-state index is 0.00854. The Labute approximate surface area is 130 Å². The van der Waals surface area contributed by atoms with Crippen LogP contribution in [0, 0.1) is 5.92 Å². The van der Waals surface area contributed by atoms with E-state index in [1.54, 1.807) is 13.2 Å². The summed E-state index contributed by atoms with van der Waals surface area (Å²) >= 11 is 0. The van der Waals surface area contributed by atoms with E-state index in [2.05, 4.69) is 17.1 Å². The zero-order valence-corrected chi connectivity index (χ0v) is 13.0. The fraction of sp³-hybridized carbons (Fsp3) is 0.412. The maximum Gasteiger partial charge on any atom is 0.253 e. The summed E-state index contributed by atoms with van der Waals surface area (Å²) in [5.41, 5.74) is 3.13. The van der Waals surface area contributed by atoms with Crippen LogP contribution in [-0.2, 0) is 22.7 Å². The summed E-state index contributed by atoms with van der Waals surface area (Å²) in [6, 6.07) is 9.84. The van der Waals surface area contributed by atoms with Crippen molar-refractivity contribution in [3.63, 3.8) is 0 Å². The van der Waals surface area contributed by atoms with E-state index >= 15 is 0 Å². The van der Waals surface area contributed by atoms with E-state index in [1.165, 1.54) is 5.06 Å². The molecule has 1 aliphatic rings. The molecule has 0 spiro atoms. The van der Waals surface area contributed by atoms with Crippen molar-refractivity contribution in [2.24, 2.45) is 5.92 Å². The second kappa shape index (κ2) is 6.32. The molecule has 0 fully saturated rings. The van der Waals surface area contributed by atoms with Crippen molar-refractivity contribution in [1.82, 2.24) is 15.3 Å². The lowest BCUT2D eigenvalue weighted by Gasteiger charge is -2.30. The molecule has 0 saturated carbocycles. The van der Waals surface area contributed by atoms with Crippen LogP contribution < -0.4 is 0 Å². The van der Waals surface area contributed by atoms with Gasteiger partial charge in [0.1, 0.15) is 6.61 Å². The molecule has 2 unspecified atom stereocenters. The monoisotopic (exact) mass is 299 g/mol. The van der Waals surface area contributed by atoms with E-state index in [4.69, 9.17) is 4.84 Å². The number of nitrogens with zero attached hydrogens (tertiary/aromatic N) is 2. The van der Waals surface area contributed by atoms with Crippen molar-refractivity contribution in [1.29, 1.82) is 0 Å². The van der Waals surface area contributed by atoms with Crippen LogP contribution in [0.1, 0.15) is 36.1 Å². The number of amides is 1. The Kier molecular flexibility index (Phi) is 4.24. The number of hydroxylamine groups is 2. The summed E-state index contributed by atoms with van der Waals surface area (Å²) in [6.45, 7) is 2.51. The first-order valence-electron chi connectivity index (χ1n) is 7.63. The van der Waals surface area contributed by atoms with Gasteiger partial charge in [0.05, 0.1) is 12.1 Å². The zero-order valence-electron chi connectivity index (χ0n) is 13.0. The summed E-state index contributed by atoms with van der Waals surface area (Å²) in [5.74, 6) is 0.106. The van der Waals surface area contributed by atoms with Crippen LogP contribution in [0.4, 0.5) is 0 Å². The highest BCUT2D eigenvalue weighted by molar-refractivity contribution is 5.83. The second-order valence-corrected chi connectivity index (χ2v) is 5.89. The predicted octanol–water partition coefficient (Wildman–Crippen LogP) is 2.67. The molecule has 1 amide bonds. The third-order valence-corrected chi connectivity index (χ3v) is 4.35. The van der Waals surface area contributed by atoms with E-state index < -0.39 is 0 Å². The van der Waals surface area contributed by atoms with Gasteiger partial charge in [-0.05, 0) is 24.3 Å². The number of likely N-dealkylation sites (N-methyl/N-ethyl adjacent to an activating group) is 1. The van der Waals surface area contributed by atoms with Crippen molar-refractivity contribution in [2.75, 3.05) is 7.05 Å². The van der Waals surface area contributed by atoms with Gasteiger partial charge in [0.15, 0.2) is 0 Å². The SMILES string of the molecule is CC1CCc2[nH]ncc2C1C(=O)N(C)OCc1ccccc1. The average molecular weight is 299 g/mol. The Balaban J connectivity index is 1.68. The number of aromatic amines is 1. The Bertz CT molecular complexity index is 638. The molecule has 5 nitrogen and oxygen atoms in total. The van der Waals surface area contributed by atoms with Gasteiger partial charge in [0.25, 0.3) is 5.91 Å². The van der Waals surface area contributed by atoms with Gasteiger partial charge in [0, 0.05) is 18.3 Å². The number of aromatic nitrogens is 2. The van der Waals surface area contributed by atoms with E-state index in [1.807, 2.05) is 30.3 Å². The molecule has 22 heavy (non-hydrogen) atoms. The molecular formula is C17H21N3O2. The highest BCUT2D eigenvalue weighted by Crippen LogP contribution is 2.36. The first kappa shape index (κ1) is 14.8. The fourth-order valence-electron chi connectivity index (χ4n) is 3.02. The van der Waals surface area contributed by atoms with Crippen molar-refractivity contribution >= 4 is 5.91 Å². The van der Waals surface area contributed by atoms with Crippen LogP contribution >= 0.6 is 0 Å².